The Labute approximate surface area is 182 Å². The third-order valence-corrected chi connectivity index (χ3v) is 5.97. The van der Waals surface area contributed by atoms with Crippen LogP contribution in [0.15, 0.2) is 24.4 Å². The molecule has 0 amide bonds. The van der Waals surface area contributed by atoms with Gasteiger partial charge in [-0.05, 0) is 44.4 Å². The number of fused-ring (bicyclic) bond motifs is 2. The molecule has 0 unspecified atom stereocenters. The molecule has 1 aromatic carbocycles. The molecule has 0 atom stereocenters. The third kappa shape index (κ3) is 3.54. The highest BCUT2D eigenvalue weighted by atomic mass is 19.3. The van der Waals surface area contributed by atoms with Gasteiger partial charge in [-0.25, -0.2) is 13.8 Å². The predicted molar refractivity (Wildman–Crippen MR) is 117 cm³/mol. The number of methoxy groups -OCH3 is 1. The zero-order valence-electron chi connectivity index (χ0n) is 18.0. The molecular weight excluding hydrogens is 418 g/mol. The summed E-state index contributed by atoms with van der Waals surface area (Å²) in [5, 5.41) is 13.9. The summed E-state index contributed by atoms with van der Waals surface area (Å²) < 4.78 is 33.2. The van der Waals surface area contributed by atoms with E-state index in [0.29, 0.717) is 52.6 Å². The number of hydrogen-bond acceptors (Lipinski definition) is 6. The van der Waals surface area contributed by atoms with Gasteiger partial charge in [0.25, 0.3) is 6.43 Å². The highest BCUT2D eigenvalue weighted by Crippen LogP contribution is 2.37. The first kappa shape index (κ1) is 20.6. The SMILES string of the molecule is COc1nc(N[C@H]2C[C@](C)(O)C2)nc2[nH]cc(-c3ccc4nc(C)n(CC(F)F)c4c3)c12. The molecule has 0 radical (unpaired) electrons. The van der Waals surface area contributed by atoms with Gasteiger partial charge in [0.05, 0.1) is 35.7 Å². The summed E-state index contributed by atoms with van der Waals surface area (Å²) in [6.07, 6.45) is 0.583. The van der Waals surface area contributed by atoms with E-state index >= 15 is 0 Å². The second kappa shape index (κ2) is 7.40. The van der Waals surface area contributed by atoms with Crippen LogP contribution in [0.1, 0.15) is 25.6 Å². The number of nitrogens with zero attached hydrogens (tertiary/aromatic N) is 4. The van der Waals surface area contributed by atoms with E-state index in [4.69, 9.17) is 4.74 Å². The number of nitrogens with one attached hydrogen (secondary N) is 2. The molecule has 1 aliphatic carbocycles. The van der Waals surface area contributed by atoms with Gasteiger partial charge in [0.1, 0.15) is 11.5 Å². The smallest absolute Gasteiger partial charge is 0.256 e. The number of aliphatic hydroxyl groups is 1. The number of aromatic amines is 1. The van der Waals surface area contributed by atoms with Crippen molar-refractivity contribution in [1.29, 1.82) is 0 Å². The molecule has 3 N–H and O–H groups in total. The van der Waals surface area contributed by atoms with Gasteiger partial charge in [-0.1, -0.05) is 6.07 Å². The van der Waals surface area contributed by atoms with E-state index in [1.54, 1.807) is 21.0 Å². The molecule has 3 heterocycles. The average Bonchev–Trinajstić information content (AvgIpc) is 3.26. The summed E-state index contributed by atoms with van der Waals surface area (Å²) in [6.45, 7) is 3.12. The Morgan fingerprint density at radius 3 is 2.78 bits per heavy atom. The second-order valence-electron chi connectivity index (χ2n) is 8.59. The van der Waals surface area contributed by atoms with Crippen molar-refractivity contribution in [3.05, 3.63) is 30.2 Å². The Kier molecular flexibility index (Phi) is 4.77. The van der Waals surface area contributed by atoms with Crippen LogP contribution >= 0.6 is 0 Å². The van der Waals surface area contributed by atoms with Crippen LogP contribution in [-0.4, -0.2) is 54.8 Å². The quantitative estimate of drug-likeness (QED) is 0.419. The van der Waals surface area contributed by atoms with Crippen LogP contribution in [0.25, 0.3) is 33.2 Å². The first-order chi connectivity index (χ1) is 15.2. The van der Waals surface area contributed by atoms with Gasteiger partial charge in [0, 0.05) is 17.8 Å². The van der Waals surface area contributed by atoms with Crippen LogP contribution in [0.2, 0.25) is 0 Å². The molecule has 10 heteroatoms. The number of benzene rings is 1. The summed E-state index contributed by atoms with van der Waals surface area (Å²) in [5.41, 5.74) is 2.87. The zero-order chi connectivity index (χ0) is 22.6. The second-order valence-corrected chi connectivity index (χ2v) is 8.59. The van der Waals surface area contributed by atoms with Crippen molar-refractivity contribution < 1.29 is 18.6 Å². The first-order valence-corrected chi connectivity index (χ1v) is 10.4. The molecule has 3 aromatic heterocycles. The van der Waals surface area contributed by atoms with Gasteiger partial charge < -0.3 is 24.7 Å². The van der Waals surface area contributed by atoms with Crippen molar-refractivity contribution in [3.63, 3.8) is 0 Å². The van der Waals surface area contributed by atoms with Gasteiger partial charge >= 0.3 is 0 Å². The van der Waals surface area contributed by atoms with Gasteiger partial charge in [-0.3, -0.25) is 0 Å². The Morgan fingerprint density at radius 1 is 1.31 bits per heavy atom. The lowest BCUT2D eigenvalue weighted by Crippen LogP contribution is -2.48. The van der Waals surface area contributed by atoms with Crippen molar-refractivity contribution in [2.45, 2.75) is 51.3 Å². The van der Waals surface area contributed by atoms with E-state index in [1.165, 1.54) is 4.57 Å². The summed E-state index contributed by atoms with van der Waals surface area (Å²) in [5.74, 6) is 1.37. The number of hydrogen-bond donors (Lipinski definition) is 3. The molecular formula is C22H24F2N6O2. The Bertz CT molecular complexity index is 1300. The zero-order valence-corrected chi connectivity index (χ0v) is 18.0. The summed E-state index contributed by atoms with van der Waals surface area (Å²) in [6, 6.07) is 5.67. The standard InChI is InChI=1S/C22H24F2N6O2/c1-11-26-15-5-4-12(6-16(15)30(11)10-17(23)24)14-9-25-19-18(14)20(32-3)29-21(28-19)27-13-7-22(2,31)8-13/h4-6,9,13,17,31H,7-8,10H2,1-3H3,(H2,25,27,28,29)/t13-,22-. The highest BCUT2D eigenvalue weighted by molar-refractivity contribution is 5.99. The number of alkyl halides is 2. The van der Waals surface area contributed by atoms with Crippen LogP contribution in [0.3, 0.4) is 0 Å². The molecule has 0 spiro atoms. The van der Waals surface area contributed by atoms with Crippen LogP contribution in [0.5, 0.6) is 5.88 Å². The maximum Gasteiger partial charge on any atom is 0.256 e. The number of H-pyrrole nitrogens is 1. The topological polar surface area (TPSA) is 101 Å². The van der Waals surface area contributed by atoms with Crippen LogP contribution < -0.4 is 10.1 Å². The highest BCUT2D eigenvalue weighted by Gasteiger charge is 2.38. The van der Waals surface area contributed by atoms with Crippen LogP contribution in [0.4, 0.5) is 14.7 Å². The van der Waals surface area contributed by atoms with Crippen molar-refractivity contribution >= 4 is 28.0 Å². The van der Waals surface area contributed by atoms with Crippen molar-refractivity contribution in [2.75, 3.05) is 12.4 Å². The average molecular weight is 442 g/mol. The van der Waals surface area contributed by atoms with E-state index in [1.807, 2.05) is 24.4 Å². The van der Waals surface area contributed by atoms with E-state index in [0.717, 1.165) is 11.1 Å². The molecule has 168 valence electrons. The van der Waals surface area contributed by atoms with Gasteiger partial charge in [0.15, 0.2) is 0 Å². The molecule has 8 nitrogen and oxygen atoms in total. The van der Waals surface area contributed by atoms with E-state index in [-0.39, 0.29) is 6.04 Å². The summed E-state index contributed by atoms with van der Waals surface area (Å²) >= 11 is 0. The molecule has 4 aromatic rings. The van der Waals surface area contributed by atoms with Gasteiger partial charge in [-0.15, -0.1) is 0 Å². The normalized spacial score (nSPS) is 20.8. The van der Waals surface area contributed by atoms with Gasteiger partial charge in [-0.2, -0.15) is 9.97 Å². The minimum atomic E-state index is -2.47. The molecule has 0 saturated heterocycles. The number of ether oxygens (including phenoxy) is 1. The number of aryl methyl sites for hydroxylation is 1. The lowest BCUT2D eigenvalue weighted by atomic mass is 9.77. The van der Waals surface area contributed by atoms with Crippen LogP contribution in [0, 0.1) is 6.92 Å². The maximum atomic E-state index is 13.1. The molecule has 0 aliphatic heterocycles. The fourth-order valence-electron chi connectivity index (χ4n) is 4.51. The number of halogens is 2. The lowest BCUT2D eigenvalue weighted by Gasteiger charge is -2.41. The fraction of sp³-hybridized carbons (Fsp3) is 0.409. The summed E-state index contributed by atoms with van der Waals surface area (Å²) in [7, 11) is 1.54. The van der Waals surface area contributed by atoms with E-state index in [9.17, 15) is 13.9 Å². The maximum absolute atomic E-state index is 13.1. The lowest BCUT2D eigenvalue weighted by molar-refractivity contribution is -0.0236. The molecule has 1 fully saturated rings. The largest absolute Gasteiger partial charge is 0.480 e. The Morgan fingerprint density at radius 2 is 2.09 bits per heavy atom. The third-order valence-electron chi connectivity index (χ3n) is 5.97. The van der Waals surface area contributed by atoms with E-state index < -0.39 is 18.6 Å². The fourth-order valence-corrected chi connectivity index (χ4v) is 4.51. The van der Waals surface area contributed by atoms with Crippen molar-refractivity contribution in [3.8, 4) is 17.0 Å². The van der Waals surface area contributed by atoms with E-state index in [2.05, 4.69) is 25.3 Å². The molecule has 32 heavy (non-hydrogen) atoms. The number of anilines is 1. The number of imidazole rings is 1. The number of aromatic nitrogens is 5. The summed E-state index contributed by atoms with van der Waals surface area (Å²) in [4.78, 5) is 16.6. The molecule has 1 aliphatic rings. The van der Waals surface area contributed by atoms with Crippen molar-refractivity contribution in [1.82, 2.24) is 24.5 Å². The predicted octanol–water partition coefficient (Wildman–Crippen LogP) is 3.88. The minimum Gasteiger partial charge on any atom is -0.480 e. The number of rotatable bonds is 6. The van der Waals surface area contributed by atoms with Gasteiger partial charge in [0.2, 0.25) is 11.8 Å². The van der Waals surface area contributed by atoms with Crippen molar-refractivity contribution in [2.24, 2.45) is 0 Å². The first-order valence-electron chi connectivity index (χ1n) is 10.4. The molecule has 1 saturated carbocycles. The molecule has 5 rings (SSSR count). The minimum absolute atomic E-state index is 0.0994. The van der Waals surface area contributed by atoms with Crippen LogP contribution in [-0.2, 0) is 6.54 Å². The molecule has 0 bridgehead atoms. The monoisotopic (exact) mass is 442 g/mol. The Balaban J connectivity index is 1.55. The Hall–Kier alpha value is -3.27.